The fourth-order valence-corrected chi connectivity index (χ4v) is 3.20. The van der Waals surface area contributed by atoms with Crippen molar-refractivity contribution in [1.29, 1.82) is 0 Å². The van der Waals surface area contributed by atoms with Gasteiger partial charge in [-0.15, -0.1) is 0 Å². The maximum Gasteiger partial charge on any atom is 0.355 e. The van der Waals surface area contributed by atoms with Gasteiger partial charge in [0.15, 0.2) is 6.61 Å². The number of amides is 1. The highest BCUT2D eigenvalue weighted by molar-refractivity contribution is 5.94. The van der Waals surface area contributed by atoms with Crippen molar-refractivity contribution in [1.82, 2.24) is 10.3 Å². The first-order valence-corrected chi connectivity index (χ1v) is 9.57. The minimum absolute atomic E-state index is 0.0169. The van der Waals surface area contributed by atoms with Gasteiger partial charge in [0.05, 0.1) is 6.04 Å². The van der Waals surface area contributed by atoms with E-state index >= 15 is 0 Å². The van der Waals surface area contributed by atoms with Crippen molar-refractivity contribution in [2.45, 2.75) is 26.3 Å². The molecule has 29 heavy (non-hydrogen) atoms. The molecule has 0 fully saturated rings. The summed E-state index contributed by atoms with van der Waals surface area (Å²) in [7, 11) is 0. The molecule has 0 saturated heterocycles. The summed E-state index contributed by atoms with van der Waals surface area (Å²) in [5.74, 6) is -0.759. The van der Waals surface area contributed by atoms with Crippen LogP contribution < -0.4 is 10.9 Å². The second-order valence-corrected chi connectivity index (χ2v) is 7.34. The summed E-state index contributed by atoms with van der Waals surface area (Å²) in [6.07, 6.45) is 0.766. The smallest absolute Gasteiger partial charge is 0.355 e. The number of H-pyrrole nitrogens is 1. The van der Waals surface area contributed by atoms with Gasteiger partial charge in [0, 0.05) is 5.39 Å². The normalized spacial score (nSPS) is 12.0. The summed E-state index contributed by atoms with van der Waals surface area (Å²) in [6, 6.07) is 18.0. The lowest BCUT2D eigenvalue weighted by molar-refractivity contribution is -0.125. The number of benzene rings is 2. The average molecular weight is 392 g/mol. The van der Waals surface area contributed by atoms with Gasteiger partial charge in [-0.05, 0) is 35.4 Å². The molecule has 0 aliphatic heterocycles. The Hall–Kier alpha value is -3.41. The Labute approximate surface area is 168 Å². The van der Waals surface area contributed by atoms with Crippen LogP contribution in [0.2, 0.25) is 0 Å². The molecular formula is C23H24N2O4. The van der Waals surface area contributed by atoms with Crippen LogP contribution in [0.3, 0.4) is 0 Å². The zero-order valence-electron chi connectivity index (χ0n) is 16.5. The van der Waals surface area contributed by atoms with Gasteiger partial charge in [-0.2, -0.15) is 0 Å². The molecule has 6 nitrogen and oxygen atoms in total. The van der Waals surface area contributed by atoms with Crippen molar-refractivity contribution in [3.8, 4) is 0 Å². The lowest BCUT2D eigenvalue weighted by atomic mass is 9.97. The fraction of sp³-hybridized carbons (Fsp3) is 0.261. The van der Waals surface area contributed by atoms with E-state index in [9.17, 15) is 14.4 Å². The van der Waals surface area contributed by atoms with Crippen molar-refractivity contribution in [3.63, 3.8) is 0 Å². The number of fused-ring (bicyclic) bond motifs is 1. The molecule has 3 rings (SSSR count). The Morgan fingerprint density at radius 3 is 2.45 bits per heavy atom. The minimum atomic E-state index is -0.747. The molecule has 150 valence electrons. The third-order valence-corrected chi connectivity index (χ3v) is 4.55. The third kappa shape index (κ3) is 5.31. The van der Waals surface area contributed by atoms with E-state index in [0.29, 0.717) is 16.7 Å². The first kappa shape index (κ1) is 20.3. The van der Waals surface area contributed by atoms with Crippen molar-refractivity contribution in [2.75, 3.05) is 6.61 Å². The summed E-state index contributed by atoms with van der Waals surface area (Å²) in [4.78, 5) is 39.3. The number of carbonyl (C=O) groups is 2. The molecule has 0 bridgehead atoms. The van der Waals surface area contributed by atoms with Gasteiger partial charge in [0.25, 0.3) is 11.5 Å². The van der Waals surface area contributed by atoms with E-state index in [0.717, 1.165) is 12.0 Å². The van der Waals surface area contributed by atoms with Crippen LogP contribution in [0.1, 0.15) is 42.4 Å². The number of esters is 1. The standard InChI is InChI=1S/C23H24N2O4/c1-15(2)12-19(16-8-4-3-5-9-16)24-21(26)14-29-23(28)20-13-17-10-6-7-11-18(17)22(27)25-20/h3-11,13,15,19H,12,14H2,1-2H3,(H,24,26)(H,25,27)/t19-/m0/s1. The summed E-state index contributed by atoms with van der Waals surface area (Å²) in [6.45, 7) is 3.74. The van der Waals surface area contributed by atoms with Gasteiger partial charge in [-0.3, -0.25) is 9.59 Å². The van der Waals surface area contributed by atoms with E-state index in [1.54, 1.807) is 30.3 Å². The zero-order chi connectivity index (χ0) is 20.8. The zero-order valence-corrected chi connectivity index (χ0v) is 16.5. The molecule has 0 saturated carbocycles. The van der Waals surface area contributed by atoms with E-state index < -0.39 is 18.5 Å². The van der Waals surface area contributed by atoms with Crippen LogP contribution in [0.5, 0.6) is 0 Å². The first-order chi connectivity index (χ1) is 13.9. The second-order valence-electron chi connectivity index (χ2n) is 7.34. The van der Waals surface area contributed by atoms with Crippen LogP contribution in [-0.4, -0.2) is 23.5 Å². The molecule has 2 aromatic carbocycles. The third-order valence-electron chi connectivity index (χ3n) is 4.55. The number of aromatic amines is 1. The van der Waals surface area contributed by atoms with Crippen LogP contribution in [-0.2, 0) is 9.53 Å². The average Bonchev–Trinajstić information content (AvgIpc) is 2.72. The Balaban J connectivity index is 1.65. The maximum atomic E-state index is 12.4. The predicted molar refractivity (Wildman–Crippen MR) is 112 cm³/mol. The Kier molecular flexibility index (Phi) is 6.44. The van der Waals surface area contributed by atoms with E-state index in [4.69, 9.17) is 4.74 Å². The largest absolute Gasteiger partial charge is 0.451 e. The SMILES string of the molecule is CC(C)C[C@H](NC(=O)COC(=O)c1cc2ccccc2c(=O)[nH]1)c1ccccc1. The molecular weight excluding hydrogens is 368 g/mol. The number of aromatic nitrogens is 1. The maximum absolute atomic E-state index is 12.4. The summed E-state index contributed by atoms with van der Waals surface area (Å²) < 4.78 is 5.11. The van der Waals surface area contributed by atoms with Gasteiger partial charge >= 0.3 is 5.97 Å². The molecule has 1 amide bonds. The Morgan fingerprint density at radius 2 is 1.72 bits per heavy atom. The highest BCUT2D eigenvalue weighted by Crippen LogP contribution is 2.21. The molecule has 0 aliphatic carbocycles. The number of rotatable bonds is 7. The molecule has 0 radical (unpaired) electrons. The van der Waals surface area contributed by atoms with Gasteiger partial charge in [-0.25, -0.2) is 4.79 Å². The topological polar surface area (TPSA) is 88.3 Å². The molecule has 1 aromatic heterocycles. The van der Waals surface area contributed by atoms with Crippen LogP contribution in [0.4, 0.5) is 0 Å². The van der Waals surface area contributed by atoms with E-state index in [2.05, 4.69) is 24.1 Å². The number of hydrogen-bond acceptors (Lipinski definition) is 4. The lowest BCUT2D eigenvalue weighted by Crippen LogP contribution is -2.33. The highest BCUT2D eigenvalue weighted by atomic mass is 16.5. The number of hydrogen-bond donors (Lipinski definition) is 2. The highest BCUT2D eigenvalue weighted by Gasteiger charge is 2.18. The number of pyridine rings is 1. The van der Waals surface area contributed by atoms with Crippen LogP contribution in [0.25, 0.3) is 10.8 Å². The van der Waals surface area contributed by atoms with Crippen LogP contribution in [0, 0.1) is 5.92 Å². The van der Waals surface area contributed by atoms with Gasteiger partial charge in [-0.1, -0.05) is 62.4 Å². The van der Waals surface area contributed by atoms with Gasteiger partial charge < -0.3 is 15.0 Å². The van der Waals surface area contributed by atoms with E-state index in [1.165, 1.54) is 0 Å². The number of carbonyl (C=O) groups excluding carboxylic acids is 2. The predicted octanol–water partition coefficient (Wildman–Crippen LogP) is 3.59. The first-order valence-electron chi connectivity index (χ1n) is 9.57. The van der Waals surface area contributed by atoms with Crippen LogP contribution >= 0.6 is 0 Å². The molecule has 6 heteroatoms. The minimum Gasteiger partial charge on any atom is -0.451 e. The monoisotopic (exact) mass is 392 g/mol. The van der Waals surface area contributed by atoms with E-state index in [-0.39, 0.29) is 17.3 Å². The molecule has 0 unspecified atom stereocenters. The second kappa shape index (κ2) is 9.19. The number of nitrogens with one attached hydrogen (secondary N) is 2. The summed E-state index contributed by atoms with van der Waals surface area (Å²) in [5.41, 5.74) is 0.642. The van der Waals surface area contributed by atoms with Crippen molar-refractivity contribution < 1.29 is 14.3 Å². The van der Waals surface area contributed by atoms with E-state index in [1.807, 2.05) is 30.3 Å². The van der Waals surface area contributed by atoms with Crippen molar-refractivity contribution in [2.24, 2.45) is 5.92 Å². The molecule has 2 N–H and O–H groups in total. The Bertz CT molecular complexity index is 1060. The molecule has 0 aliphatic rings. The van der Waals surface area contributed by atoms with Gasteiger partial charge in [0.1, 0.15) is 5.69 Å². The lowest BCUT2D eigenvalue weighted by Gasteiger charge is -2.21. The summed E-state index contributed by atoms with van der Waals surface area (Å²) in [5, 5.41) is 4.04. The molecule has 3 aromatic rings. The van der Waals surface area contributed by atoms with Crippen molar-refractivity contribution >= 4 is 22.6 Å². The quantitative estimate of drug-likeness (QED) is 0.602. The fourth-order valence-electron chi connectivity index (χ4n) is 3.20. The molecule has 1 atom stereocenters. The van der Waals surface area contributed by atoms with Crippen molar-refractivity contribution in [3.05, 3.63) is 82.3 Å². The summed E-state index contributed by atoms with van der Waals surface area (Å²) >= 11 is 0. The molecule has 1 heterocycles. The Morgan fingerprint density at radius 1 is 1.03 bits per heavy atom. The number of ether oxygens (including phenoxy) is 1. The van der Waals surface area contributed by atoms with Crippen LogP contribution in [0.15, 0.2) is 65.5 Å². The molecule has 0 spiro atoms. The van der Waals surface area contributed by atoms with Gasteiger partial charge in [0.2, 0.25) is 0 Å².